The third kappa shape index (κ3) is 7.75. The van der Waals surface area contributed by atoms with Crippen LogP contribution in [0.15, 0.2) is 12.2 Å². The fourth-order valence-corrected chi connectivity index (χ4v) is 5.30. The van der Waals surface area contributed by atoms with Gasteiger partial charge in [-0.3, -0.25) is 0 Å². The minimum Gasteiger partial charge on any atom is -0.0914 e. The Labute approximate surface area is 152 Å². The van der Waals surface area contributed by atoms with Crippen molar-refractivity contribution in [3.8, 4) is 0 Å². The van der Waals surface area contributed by atoms with Gasteiger partial charge in [0, 0.05) is 0 Å². The number of hydrogen-bond donors (Lipinski definition) is 0. The number of allylic oxidation sites excluding steroid dienone is 2. The van der Waals surface area contributed by atoms with Crippen LogP contribution in [0.4, 0.5) is 0 Å². The zero-order chi connectivity index (χ0) is 17.0. The summed E-state index contributed by atoms with van der Waals surface area (Å²) in [5, 5.41) is 0. The van der Waals surface area contributed by atoms with Crippen LogP contribution in [0, 0.1) is 23.7 Å². The van der Waals surface area contributed by atoms with Crippen molar-refractivity contribution >= 4 is 0 Å². The standard InChI is InChI=1S/C24H44/c1-3-5-6-10-22-17-19-24(20-18-22)12-8-7-11-23-15-13-21(9-4-2)14-16-23/h4,9,21-24H,3,5-8,10-20H2,1-2H3/t21?,22-,23?,24-. The highest BCUT2D eigenvalue weighted by Gasteiger charge is 2.21. The molecule has 0 bridgehead atoms. The summed E-state index contributed by atoms with van der Waals surface area (Å²) in [5.74, 6) is 4.12. The van der Waals surface area contributed by atoms with Crippen molar-refractivity contribution in [1.82, 2.24) is 0 Å². The van der Waals surface area contributed by atoms with Gasteiger partial charge in [0.1, 0.15) is 0 Å². The van der Waals surface area contributed by atoms with Gasteiger partial charge in [0.15, 0.2) is 0 Å². The molecule has 0 nitrogen and oxygen atoms in total. The van der Waals surface area contributed by atoms with Crippen LogP contribution in [-0.2, 0) is 0 Å². The van der Waals surface area contributed by atoms with Gasteiger partial charge in [0.2, 0.25) is 0 Å². The Morgan fingerprint density at radius 1 is 0.625 bits per heavy atom. The Morgan fingerprint density at radius 3 is 1.46 bits per heavy atom. The Hall–Kier alpha value is -0.260. The van der Waals surface area contributed by atoms with Gasteiger partial charge in [-0.05, 0) is 56.3 Å². The molecule has 0 spiro atoms. The monoisotopic (exact) mass is 332 g/mol. The molecule has 0 heteroatoms. The molecule has 24 heavy (non-hydrogen) atoms. The second-order valence-electron chi connectivity index (χ2n) is 8.97. The van der Waals surface area contributed by atoms with Crippen molar-refractivity contribution in [3.63, 3.8) is 0 Å². The van der Waals surface area contributed by atoms with Gasteiger partial charge in [-0.15, -0.1) is 0 Å². The summed E-state index contributed by atoms with van der Waals surface area (Å²) < 4.78 is 0. The molecule has 0 saturated heterocycles. The summed E-state index contributed by atoms with van der Waals surface area (Å²) in [5.41, 5.74) is 0. The van der Waals surface area contributed by atoms with Crippen molar-refractivity contribution in [2.45, 2.75) is 117 Å². The van der Waals surface area contributed by atoms with E-state index in [-0.39, 0.29) is 0 Å². The molecule has 0 radical (unpaired) electrons. The van der Waals surface area contributed by atoms with Crippen LogP contribution in [0.3, 0.4) is 0 Å². The van der Waals surface area contributed by atoms with Crippen molar-refractivity contribution in [2.75, 3.05) is 0 Å². The summed E-state index contributed by atoms with van der Waals surface area (Å²) in [6.45, 7) is 4.50. The molecule has 0 aromatic heterocycles. The predicted octanol–water partition coefficient (Wildman–Crippen LogP) is 8.32. The van der Waals surface area contributed by atoms with E-state index in [2.05, 4.69) is 26.0 Å². The molecular formula is C24H44. The topological polar surface area (TPSA) is 0 Å². The zero-order valence-corrected chi connectivity index (χ0v) is 16.8. The quantitative estimate of drug-likeness (QED) is 0.278. The first-order valence-corrected chi connectivity index (χ1v) is 11.4. The SMILES string of the molecule is CC=CC1CCC(CCCC[C@H]2CC[C@H](CCCCC)CC2)CC1. The van der Waals surface area contributed by atoms with E-state index < -0.39 is 0 Å². The zero-order valence-electron chi connectivity index (χ0n) is 16.8. The Balaban J connectivity index is 1.46. The molecule has 140 valence electrons. The van der Waals surface area contributed by atoms with E-state index in [9.17, 15) is 0 Å². The maximum atomic E-state index is 2.44. The molecule has 0 unspecified atom stereocenters. The summed E-state index contributed by atoms with van der Waals surface area (Å²) in [4.78, 5) is 0. The van der Waals surface area contributed by atoms with Crippen LogP contribution in [0.2, 0.25) is 0 Å². The molecule has 2 rings (SSSR count). The number of rotatable bonds is 10. The molecule has 2 fully saturated rings. The van der Waals surface area contributed by atoms with Crippen LogP contribution >= 0.6 is 0 Å². The van der Waals surface area contributed by atoms with Gasteiger partial charge in [0.05, 0.1) is 0 Å². The first-order chi connectivity index (χ1) is 11.8. The van der Waals surface area contributed by atoms with Crippen molar-refractivity contribution in [1.29, 1.82) is 0 Å². The van der Waals surface area contributed by atoms with Gasteiger partial charge in [-0.25, -0.2) is 0 Å². The molecule has 2 aliphatic rings. The van der Waals surface area contributed by atoms with Gasteiger partial charge in [0.25, 0.3) is 0 Å². The van der Waals surface area contributed by atoms with Crippen molar-refractivity contribution in [2.24, 2.45) is 23.7 Å². The Morgan fingerprint density at radius 2 is 1.04 bits per heavy atom. The maximum absolute atomic E-state index is 2.44. The highest BCUT2D eigenvalue weighted by molar-refractivity contribution is 4.88. The van der Waals surface area contributed by atoms with E-state index in [4.69, 9.17) is 0 Å². The molecule has 0 atom stereocenters. The molecule has 0 aromatic carbocycles. The lowest BCUT2D eigenvalue weighted by molar-refractivity contribution is 0.239. The van der Waals surface area contributed by atoms with Crippen molar-refractivity contribution < 1.29 is 0 Å². The van der Waals surface area contributed by atoms with E-state index in [1.165, 1.54) is 77.0 Å². The molecule has 2 aliphatic carbocycles. The summed E-state index contributed by atoms with van der Waals surface area (Å²) in [6.07, 6.45) is 28.7. The van der Waals surface area contributed by atoms with Gasteiger partial charge in [-0.2, -0.15) is 0 Å². The summed E-state index contributed by atoms with van der Waals surface area (Å²) >= 11 is 0. The van der Waals surface area contributed by atoms with Crippen LogP contribution in [0.1, 0.15) is 117 Å². The van der Waals surface area contributed by atoms with Crippen molar-refractivity contribution in [3.05, 3.63) is 12.2 Å². The fraction of sp³-hybridized carbons (Fsp3) is 0.917. The lowest BCUT2D eigenvalue weighted by Gasteiger charge is -2.29. The molecular weight excluding hydrogens is 288 g/mol. The highest BCUT2D eigenvalue weighted by atomic mass is 14.3. The molecule has 0 aliphatic heterocycles. The van der Waals surface area contributed by atoms with Crippen LogP contribution in [-0.4, -0.2) is 0 Å². The Bertz CT molecular complexity index is 313. The van der Waals surface area contributed by atoms with E-state index in [1.54, 1.807) is 25.7 Å². The number of hydrogen-bond acceptors (Lipinski definition) is 0. The lowest BCUT2D eigenvalue weighted by Crippen LogP contribution is -2.15. The van der Waals surface area contributed by atoms with E-state index in [0.717, 1.165) is 23.7 Å². The molecule has 0 aromatic rings. The van der Waals surface area contributed by atoms with E-state index in [0.29, 0.717) is 0 Å². The maximum Gasteiger partial charge on any atom is -0.0233 e. The van der Waals surface area contributed by atoms with E-state index in [1.807, 2.05) is 0 Å². The minimum atomic E-state index is 0.902. The average molecular weight is 333 g/mol. The fourth-order valence-electron chi connectivity index (χ4n) is 5.30. The minimum absolute atomic E-state index is 0.902. The normalized spacial score (nSPS) is 31.6. The third-order valence-electron chi connectivity index (χ3n) is 7.01. The summed E-state index contributed by atoms with van der Waals surface area (Å²) in [6, 6.07) is 0. The highest BCUT2D eigenvalue weighted by Crippen LogP contribution is 2.36. The molecule has 0 amide bonds. The average Bonchev–Trinajstić information content (AvgIpc) is 2.62. The van der Waals surface area contributed by atoms with Gasteiger partial charge < -0.3 is 0 Å². The third-order valence-corrected chi connectivity index (χ3v) is 7.01. The van der Waals surface area contributed by atoms with Gasteiger partial charge in [-0.1, -0.05) is 96.1 Å². The molecule has 0 heterocycles. The van der Waals surface area contributed by atoms with Crippen LogP contribution < -0.4 is 0 Å². The first kappa shape index (κ1) is 20.1. The first-order valence-electron chi connectivity index (χ1n) is 11.4. The largest absolute Gasteiger partial charge is 0.0914 e. The predicted molar refractivity (Wildman–Crippen MR) is 108 cm³/mol. The smallest absolute Gasteiger partial charge is 0.0233 e. The number of unbranched alkanes of at least 4 members (excludes halogenated alkanes) is 3. The molecule has 2 saturated carbocycles. The lowest BCUT2D eigenvalue weighted by atomic mass is 9.77. The van der Waals surface area contributed by atoms with Gasteiger partial charge >= 0.3 is 0 Å². The second kappa shape index (κ2) is 12.2. The van der Waals surface area contributed by atoms with Crippen LogP contribution in [0.25, 0.3) is 0 Å². The van der Waals surface area contributed by atoms with E-state index >= 15 is 0 Å². The van der Waals surface area contributed by atoms with Crippen LogP contribution in [0.5, 0.6) is 0 Å². The second-order valence-corrected chi connectivity index (χ2v) is 8.97. The Kier molecular flexibility index (Phi) is 10.2. The summed E-state index contributed by atoms with van der Waals surface area (Å²) in [7, 11) is 0. The molecule has 0 N–H and O–H groups in total.